The maximum atomic E-state index is 11.8. The van der Waals surface area contributed by atoms with Gasteiger partial charge in [0.25, 0.3) is 5.91 Å². The molecule has 3 N–H and O–H groups in total. The van der Waals surface area contributed by atoms with Gasteiger partial charge in [-0.05, 0) is 12.8 Å². The van der Waals surface area contributed by atoms with Crippen LogP contribution in [0, 0.1) is 0 Å². The molecule has 0 saturated carbocycles. The molecule has 0 aliphatic rings. The van der Waals surface area contributed by atoms with Gasteiger partial charge in [-0.2, -0.15) is 0 Å². The fourth-order valence-corrected chi connectivity index (χ4v) is 2.26. The molecule has 0 spiro atoms. The van der Waals surface area contributed by atoms with Crippen LogP contribution in [0.15, 0.2) is 17.8 Å². The Bertz CT molecular complexity index is 566. The topological polar surface area (TPSA) is 93.8 Å². The van der Waals surface area contributed by atoms with Crippen molar-refractivity contribution >= 4 is 22.4 Å². The molecule has 106 valence electrons. The second kappa shape index (κ2) is 6.95. The van der Waals surface area contributed by atoms with Gasteiger partial charge in [0.2, 0.25) is 0 Å². The van der Waals surface area contributed by atoms with E-state index in [9.17, 15) is 4.79 Å². The van der Waals surface area contributed by atoms with Crippen LogP contribution in [0.25, 0.3) is 0 Å². The van der Waals surface area contributed by atoms with Gasteiger partial charge in [-0.25, -0.2) is 15.0 Å². The number of nitrogens with one attached hydrogen (secondary N) is 1. The van der Waals surface area contributed by atoms with Gasteiger partial charge in [0.15, 0.2) is 5.13 Å². The molecule has 7 heteroatoms. The predicted molar refractivity (Wildman–Crippen MR) is 78.6 cm³/mol. The molecule has 0 aliphatic carbocycles. The summed E-state index contributed by atoms with van der Waals surface area (Å²) in [6.07, 6.45) is 5.51. The zero-order valence-electron chi connectivity index (χ0n) is 11.3. The number of thiazole rings is 1. The van der Waals surface area contributed by atoms with E-state index in [4.69, 9.17) is 5.73 Å². The fourth-order valence-electron chi connectivity index (χ4n) is 1.67. The smallest absolute Gasteiger partial charge is 0.254 e. The fraction of sp³-hybridized carbons (Fsp3) is 0.385. The molecule has 0 bridgehead atoms. The molecule has 0 atom stereocenters. The Morgan fingerprint density at radius 3 is 2.75 bits per heavy atom. The van der Waals surface area contributed by atoms with Crippen molar-refractivity contribution < 1.29 is 4.79 Å². The monoisotopic (exact) mass is 291 g/mol. The Hall–Kier alpha value is -2.02. The molecule has 6 nitrogen and oxygen atoms in total. The molecule has 0 radical (unpaired) electrons. The van der Waals surface area contributed by atoms with Crippen LogP contribution in [-0.4, -0.2) is 27.4 Å². The number of carbonyl (C=O) groups is 1. The number of amides is 1. The highest BCUT2D eigenvalue weighted by Gasteiger charge is 2.06. The third-order valence-electron chi connectivity index (χ3n) is 2.75. The van der Waals surface area contributed by atoms with Gasteiger partial charge in [0.1, 0.15) is 5.82 Å². The van der Waals surface area contributed by atoms with Crippen molar-refractivity contribution in [2.45, 2.75) is 26.2 Å². The predicted octanol–water partition coefficient (Wildman–Crippen LogP) is 1.44. The van der Waals surface area contributed by atoms with Crippen molar-refractivity contribution in [3.8, 4) is 0 Å². The van der Waals surface area contributed by atoms with Crippen LogP contribution in [0.5, 0.6) is 0 Å². The van der Waals surface area contributed by atoms with Gasteiger partial charge in [-0.15, -0.1) is 11.3 Å². The maximum absolute atomic E-state index is 11.8. The van der Waals surface area contributed by atoms with E-state index in [-0.39, 0.29) is 5.91 Å². The third kappa shape index (κ3) is 3.99. The van der Waals surface area contributed by atoms with E-state index in [0.717, 1.165) is 30.8 Å². The quantitative estimate of drug-likeness (QED) is 0.785. The molecule has 0 aromatic carbocycles. The summed E-state index contributed by atoms with van der Waals surface area (Å²) in [6, 6.07) is 0. The van der Waals surface area contributed by atoms with Gasteiger partial charge in [-0.3, -0.25) is 4.79 Å². The van der Waals surface area contributed by atoms with Gasteiger partial charge < -0.3 is 11.1 Å². The molecule has 1 amide bonds. The van der Waals surface area contributed by atoms with Gasteiger partial charge in [-0.1, -0.05) is 6.92 Å². The lowest BCUT2D eigenvalue weighted by atomic mass is 10.2. The van der Waals surface area contributed by atoms with Crippen LogP contribution in [0.2, 0.25) is 0 Å². The molecule has 0 aliphatic heterocycles. The number of aromatic nitrogens is 3. The van der Waals surface area contributed by atoms with Gasteiger partial charge >= 0.3 is 0 Å². The first-order valence-electron chi connectivity index (χ1n) is 6.48. The van der Waals surface area contributed by atoms with E-state index in [0.29, 0.717) is 17.2 Å². The summed E-state index contributed by atoms with van der Waals surface area (Å²) in [7, 11) is 0. The molecule has 0 unspecified atom stereocenters. The van der Waals surface area contributed by atoms with Gasteiger partial charge in [0, 0.05) is 30.7 Å². The zero-order chi connectivity index (χ0) is 14.4. The average Bonchev–Trinajstić information content (AvgIpc) is 2.89. The standard InChI is InChI=1S/C13H17N5OS/c1-2-11-16-6-9(7-17-11)12(19)15-5-3-4-10-8-20-13(14)18-10/h6-8H,2-5H2,1H3,(H2,14,18)(H,15,19). The number of hydrogen-bond acceptors (Lipinski definition) is 6. The van der Waals surface area contributed by atoms with Crippen molar-refractivity contribution in [1.82, 2.24) is 20.3 Å². The summed E-state index contributed by atoms with van der Waals surface area (Å²) in [5, 5.41) is 5.36. The summed E-state index contributed by atoms with van der Waals surface area (Å²) >= 11 is 1.43. The van der Waals surface area contributed by atoms with Crippen molar-refractivity contribution in [2.75, 3.05) is 12.3 Å². The zero-order valence-corrected chi connectivity index (χ0v) is 12.1. The van der Waals surface area contributed by atoms with E-state index in [1.165, 1.54) is 11.3 Å². The Morgan fingerprint density at radius 1 is 1.40 bits per heavy atom. The molecule has 2 aromatic rings. The molecular weight excluding hydrogens is 274 g/mol. The molecule has 2 aromatic heterocycles. The maximum Gasteiger partial charge on any atom is 0.254 e. The first-order chi connectivity index (χ1) is 9.69. The van der Waals surface area contributed by atoms with Crippen LogP contribution in [0.3, 0.4) is 0 Å². The minimum absolute atomic E-state index is 0.148. The van der Waals surface area contributed by atoms with Crippen LogP contribution in [0.1, 0.15) is 35.2 Å². The number of nitrogens with two attached hydrogens (primary N) is 1. The molecule has 2 heterocycles. The van der Waals surface area contributed by atoms with Crippen LogP contribution in [0.4, 0.5) is 5.13 Å². The Balaban J connectivity index is 1.74. The normalized spacial score (nSPS) is 10.4. The molecule has 0 saturated heterocycles. The van der Waals surface area contributed by atoms with E-state index < -0.39 is 0 Å². The van der Waals surface area contributed by atoms with Crippen molar-refractivity contribution in [2.24, 2.45) is 0 Å². The summed E-state index contributed by atoms with van der Waals surface area (Å²) < 4.78 is 0. The Kier molecular flexibility index (Phi) is 5.00. The highest BCUT2D eigenvalue weighted by atomic mass is 32.1. The summed E-state index contributed by atoms with van der Waals surface area (Å²) in [5.74, 6) is 0.591. The second-order valence-electron chi connectivity index (χ2n) is 4.28. The SMILES string of the molecule is CCc1ncc(C(=O)NCCCc2csc(N)n2)cn1. The first-order valence-corrected chi connectivity index (χ1v) is 7.36. The number of anilines is 1. The summed E-state index contributed by atoms with van der Waals surface area (Å²) in [5.41, 5.74) is 7.01. The van der Waals surface area contributed by atoms with Crippen molar-refractivity contribution in [1.29, 1.82) is 0 Å². The second-order valence-corrected chi connectivity index (χ2v) is 5.17. The number of aryl methyl sites for hydroxylation is 2. The van der Waals surface area contributed by atoms with Crippen LogP contribution < -0.4 is 11.1 Å². The summed E-state index contributed by atoms with van der Waals surface area (Å²) in [4.78, 5) is 24.2. The van der Waals surface area contributed by atoms with Crippen molar-refractivity contribution in [3.05, 3.63) is 34.9 Å². The van der Waals surface area contributed by atoms with Crippen LogP contribution >= 0.6 is 11.3 Å². The number of carbonyl (C=O) groups excluding carboxylic acids is 1. The number of rotatable bonds is 6. The lowest BCUT2D eigenvalue weighted by molar-refractivity contribution is 0.0952. The first kappa shape index (κ1) is 14.4. The number of hydrogen-bond donors (Lipinski definition) is 2. The Labute approximate surface area is 121 Å². The lowest BCUT2D eigenvalue weighted by Gasteiger charge is -2.04. The highest BCUT2D eigenvalue weighted by Crippen LogP contribution is 2.12. The van der Waals surface area contributed by atoms with E-state index >= 15 is 0 Å². The minimum atomic E-state index is -0.148. The van der Waals surface area contributed by atoms with E-state index in [1.807, 2.05) is 12.3 Å². The van der Waals surface area contributed by atoms with Crippen molar-refractivity contribution in [3.63, 3.8) is 0 Å². The van der Waals surface area contributed by atoms with Gasteiger partial charge in [0.05, 0.1) is 11.3 Å². The average molecular weight is 291 g/mol. The largest absolute Gasteiger partial charge is 0.375 e. The minimum Gasteiger partial charge on any atom is -0.375 e. The molecule has 2 rings (SSSR count). The number of nitrogens with zero attached hydrogens (tertiary/aromatic N) is 3. The third-order valence-corrected chi connectivity index (χ3v) is 3.47. The lowest BCUT2D eigenvalue weighted by Crippen LogP contribution is -2.25. The molecule has 20 heavy (non-hydrogen) atoms. The van der Waals surface area contributed by atoms with E-state index in [1.54, 1.807) is 12.4 Å². The highest BCUT2D eigenvalue weighted by molar-refractivity contribution is 7.13. The van der Waals surface area contributed by atoms with Crippen LogP contribution in [-0.2, 0) is 12.8 Å². The summed E-state index contributed by atoms with van der Waals surface area (Å²) in [6.45, 7) is 2.56. The molecule has 0 fully saturated rings. The number of nitrogen functional groups attached to an aromatic ring is 1. The molecular formula is C13H17N5OS. The Morgan fingerprint density at radius 2 is 2.15 bits per heavy atom. The van der Waals surface area contributed by atoms with E-state index in [2.05, 4.69) is 20.3 Å².